The lowest BCUT2D eigenvalue weighted by molar-refractivity contribution is -0.137. The molecule has 0 aliphatic heterocycles. The van der Waals surface area contributed by atoms with E-state index in [9.17, 15) is 18.4 Å². The van der Waals surface area contributed by atoms with Crippen LogP contribution in [0.2, 0.25) is 0 Å². The number of carboxylic acid groups (broad SMARTS) is 2. The summed E-state index contributed by atoms with van der Waals surface area (Å²) < 4.78 is 27.5. The molecule has 0 bridgehead atoms. The molecule has 0 aromatic heterocycles. The summed E-state index contributed by atoms with van der Waals surface area (Å²) in [5.74, 6) is -5.89. The van der Waals surface area contributed by atoms with Gasteiger partial charge >= 0.3 is 11.9 Å². The van der Waals surface area contributed by atoms with E-state index in [1.54, 1.807) is 0 Å². The van der Waals surface area contributed by atoms with Crippen LogP contribution in [0.4, 0.5) is 8.78 Å². The third-order valence-electron chi connectivity index (χ3n) is 3.33. The van der Waals surface area contributed by atoms with Crippen molar-refractivity contribution in [3.05, 3.63) is 34.9 Å². The summed E-state index contributed by atoms with van der Waals surface area (Å²) in [6.07, 6.45) is 1.27. The molecule has 19 heavy (non-hydrogen) atoms. The average Bonchev–Trinajstić information content (AvgIpc) is 3.13. The van der Waals surface area contributed by atoms with Gasteiger partial charge in [-0.3, -0.25) is 4.79 Å². The van der Waals surface area contributed by atoms with Gasteiger partial charge in [-0.05, 0) is 30.4 Å². The Labute approximate surface area is 107 Å². The second-order valence-corrected chi connectivity index (χ2v) is 4.68. The molecule has 1 saturated carbocycles. The number of hydrogen-bond donors (Lipinski definition) is 2. The minimum absolute atomic E-state index is 0.0284. The van der Waals surface area contributed by atoms with E-state index in [1.807, 2.05) is 0 Å². The minimum atomic E-state index is -1.55. The van der Waals surface area contributed by atoms with Gasteiger partial charge in [0.1, 0.15) is 0 Å². The molecule has 1 unspecified atom stereocenters. The van der Waals surface area contributed by atoms with Crippen LogP contribution in [-0.4, -0.2) is 22.2 Å². The van der Waals surface area contributed by atoms with E-state index in [4.69, 9.17) is 10.2 Å². The molecule has 102 valence electrons. The first-order valence-electron chi connectivity index (χ1n) is 5.84. The quantitative estimate of drug-likeness (QED) is 0.862. The van der Waals surface area contributed by atoms with Gasteiger partial charge in [0.05, 0.1) is 12.0 Å². The molecule has 2 rings (SSSR count). The van der Waals surface area contributed by atoms with Gasteiger partial charge in [-0.1, -0.05) is 6.07 Å². The third kappa shape index (κ3) is 2.72. The van der Waals surface area contributed by atoms with Gasteiger partial charge in [0.25, 0.3) is 0 Å². The number of aromatic carboxylic acids is 1. The van der Waals surface area contributed by atoms with Gasteiger partial charge in [0, 0.05) is 5.92 Å². The second kappa shape index (κ2) is 4.95. The summed E-state index contributed by atoms with van der Waals surface area (Å²) >= 11 is 0. The van der Waals surface area contributed by atoms with E-state index in [1.165, 1.54) is 6.07 Å². The van der Waals surface area contributed by atoms with E-state index in [-0.39, 0.29) is 17.9 Å². The predicted molar refractivity (Wildman–Crippen MR) is 61.0 cm³/mol. The Kier molecular flexibility index (Phi) is 3.50. The molecule has 0 radical (unpaired) electrons. The normalized spacial score (nSPS) is 16.1. The minimum Gasteiger partial charge on any atom is -0.481 e. The molecule has 0 spiro atoms. The van der Waals surface area contributed by atoms with Crippen LogP contribution in [-0.2, 0) is 4.79 Å². The van der Waals surface area contributed by atoms with E-state index in [0.717, 1.165) is 18.9 Å². The van der Waals surface area contributed by atoms with E-state index >= 15 is 0 Å². The number of carboxylic acids is 2. The lowest BCUT2D eigenvalue weighted by Crippen LogP contribution is -2.13. The zero-order chi connectivity index (χ0) is 14.2. The Bertz CT molecular complexity index is 538. The van der Waals surface area contributed by atoms with Crippen molar-refractivity contribution in [2.24, 2.45) is 5.92 Å². The SMILES string of the molecule is O=C(O)CC(c1ccc(C(=O)O)c(F)c1F)C1CC1. The summed E-state index contributed by atoms with van der Waals surface area (Å²) in [6, 6.07) is 2.15. The highest BCUT2D eigenvalue weighted by atomic mass is 19.2. The van der Waals surface area contributed by atoms with Crippen LogP contribution in [0.5, 0.6) is 0 Å². The number of aliphatic carboxylic acids is 1. The summed E-state index contributed by atoms with van der Waals surface area (Å²) in [7, 11) is 0. The Morgan fingerprint density at radius 2 is 1.84 bits per heavy atom. The number of rotatable bonds is 5. The Morgan fingerprint density at radius 3 is 2.32 bits per heavy atom. The first kappa shape index (κ1) is 13.5. The molecule has 4 nitrogen and oxygen atoms in total. The van der Waals surface area contributed by atoms with Crippen LogP contribution in [0.25, 0.3) is 0 Å². The van der Waals surface area contributed by atoms with Crippen LogP contribution < -0.4 is 0 Å². The molecular formula is C13H12F2O4. The first-order chi connectivity index (χ1) is 8.91. The fourth-order valence-electron chi connectivity index (χ4n) is 2.23. The van der Waals surface area contributed by atoms with Gasteiger partial charge in [-0.2, -0.15) is 0 Å². The lowest BCUT2D eigenvalue weighted by Gasteiger charge is -2.16. The van der Waals surface area contributed by atoms with E-state index < -0.39 is 35.1 Å². The lowest BCUT2D eigenvalue weighted by atomic mass is 9.89. The highest BCUT2D eigenvalue weighted by molar-refractivity contribution is 5.88. The molecule has 6 heteroatoms. The van der Waals surface area contributed by atoms with Crippen molar-refractivity contribution in [1.82, 2.24) is 0 Å². The maximum absolute atomic E-state index is 13.9. The van der Waals surface area contributed by atoms with Crippen LogP contribution in [0, 0.1) is 17.6 Å². The summed E-state index contributed by atoms with van der Waals surface area (Å²) in [4.78, 5) is 21.5. The molecule has 1 aromatic carbocycles. The van der Waals surface area contributed by atoms with Crippen LogP contribution in [0.1, 0.15) is 41.1 Å². The highest BCUT2D eigenvalue weighted by Gasteiger charge is 2.36. The maximum atomic E-state index is 13.9. The largest absolute Gasteiger partial charge is 0.481 e. The molecule has 0 saturated heterocycles. The van der Waals surface area contributed by atoms with E-state index in [2.05, 4.69) is 0 Å². The van der Waals surface area contributed by atoms with Crippen LogP contribution in [0.15, 0.2) is 12.1 Å². The monoisotopic (exact) mass is 270 g/mol. The standard InChI is InChI=1S/C13H12F2O4/c14-11-7(3-4-8(12(11)15)13(18)19)9(5-10(16)17)6-1-2-6/h3-4,6,9H,1-2,5H2,(H,16,17)(H,18,19). The summed E-state index contributed by atoms with van der Waals surface area (Å²) in [5, 5.41) is 17.5. The topological polar surface area (TPSA) is 74.6 Å². The molecule has 2 N–H and O–H groups in total. The van der Waals surface area contributed by atoms with Crippen molar-refractivity contribution in [2.45, 2.75) is 25.2 Å². The van der Waals surface area contributed by atoms with Crippen molar-refractivity contribution < 1.29 is 28.6 Å². The number of carbonyl (C=O) groups is 2. The van der Waals surface area contributed by atoms with Crippen LogP contribution in [0.3, 0.4) is 0 Å². The van der Waals surface area contributed by atoms with Gasteiger partial charge < -0.3 is 10.2 Å². The van der Waals surface area contributed by atoms with Gasteiger partial charge in [-0.25, -0.2) is 13.6 Å². The first-order valence-corrected chi connectivity index (χ1v) is 5.84. The summed E-state index contributed by atoms with van der Waals surface area (Å²) in [5.41, 5.74) is -0.793. The fraction of sp³-hybridized carbons (Fsp3) is 0.385. The maximum Gasteiger partial charge on any atom is 0.338 e. The van der Waals surface area contributed by atoms with Crippen molar-refractivity contribution in [3.8, 4) is 0 Å². The van der Waals surface area contributed by atoms with Crippen LogP contribution >= 0.6 is 0 Å². The smallest absolute Gasteiger partial charge is 0.338 e. The summed E-state index contributed by atoms with van der Waals surface area (Å²) in [6.45, 7) is 0. The van der Waals surface area contributed by atoms with E-state index in [0.29, 0.717) is 0 Å². The zero-order valence-corrected chi connectivity index (χ0v) is 9.90. The Morgan fingerprint density at radius 1 is 1.21 bits per heavy atom. The second-order valence-electron chi connectivity index (χ2n) is 4.68. The molecule has 1 fully saturated rings. The van der Waals surface area contributed by atoms with Gasteiger partial charge in [0.15, 0.2) is 11.6 Å². The fourth-order valence-corrected chi connectivity index (χ4v) is 2.23. The molecule has 1 aliphatic carbocycles. The van der Waals surface area contributed by atoms with Gasteiger partial charge in [-0.15, -0.1) is 0 Å². The number of hydrogen-bond acceptors (Lipinski definition) is 2. The van der Waals surface area contributed by atoms with Crippen molar-refractivity contribution >= 4 is 11.9 Å². The average molecular weight is 270 g/mol. The predicted octanol–water partition coefficient (Wildman–Crippen LogP) is 2.63. The van der Waals surface area contributed by atoms with Gasteiger partial charge in [0.2, 0.25) is 0 Å². The Balaban J connectivity index is 2.40. The molecule has 1 aliphatic rings. The Hall–Kier alpha value is -1.98. The van der Waals surface area contributed by atoms with Crippen molar-refractivity contribution in [2.75, 3.05) is 0 Å². The third-order valence-corrected chi connectivity index (χ3v) is 3.33. The zero-order valence-electron chi connectivity index (χ0n) is 9.90. The van der Waals surface area contributed by atoms with Crippen molar-refractivity contribution in [3.63, 3.8) is 0 Å². The molecular weight excluding hydrogens is 258 g/mol. The molecule has 0 heterocycles. The molecule has 0 amide bonds. The molecule has 1 atom stereocenters. The molecule has 1 aromatic rings. The highest BCUT2D eigenvalue weighted by Crippen LogP contribution is 2.45. The number of benzene rings is 1. The van der Waals surface area contributed by atoms with Crippen molar-refractivity contribution in [1.29, 1.82) is 0 Å². The number of halogens is 2.